The van der Waals surface area contributed by atoms with Crippen molar-refractivity contribution >= 4 is 11.4 Å². The molecule has 2 aromatic carbocycles. The highest BCUT2D eigenvalue weighted by Crippen LogP contribution is 2.35. The van der Waals surface area contributed by atoms with Gasteiger partial charge in [-0.1, -0.05) is 42.5 Å². The summed E-state index contributed by atoms with van der Waals surface area (Å²) in [6.45, 7) is 8.89. The Morgan fingerprint density at radius 3 is 2.54 bits per heavy atom. The summed E-state index contributed by atoms with van der Waals surface area (Å²) in [6, 6.07) is 17.7. The first kappa shape index (κ1) is 15.4. The zero-order chi connectivity index (χ0) is 16.7. The van der Waals surface area contributed by atoms with Gasteiger partial charge in [0.05, 0.1) is 5.54 Å². The molecule has 2 heterocycles. The van der Waals surface area contributed by atoms with Gasteiger partial charge in [0.15, 0.2) is 0 Å². The first-order chi connectivity index (χ1) is 11.6. The van der Waals surface area contributed by atoms with Gasteiger partial charge in [-0.2, -0.15) is 0 Å². The Labute approximate surface area is 145 Å². The lowest BCUT2D eigenvalue weighted by Crippen LogP contribution is -2.42. The van der Waals surface area contributed by atoms with Crippen LogP contribution in [-0.2, 0) is 12.8 Å². The molecule has 24 heavy (non-hydrogen) atoms. The molecular formula is C22H26N2. The smallest absolute Gasteiger partial charge is 0.0596 e. The maximum atomic E-state index is 5.21. The van der Waals surface area contributed by atoms with Gasteiger partial charge in [0, 0.05) is 30.4 Å². The summed E-state index contributed by atoms with van der Waals surface area (Å²) in [5.41, 5.74) is 7.00. The van der Waals surface area contributed by atoms with Crippen molar-refractivity contribution in [1.82, 2.24) is 0 Å². The van der Waals surface area contributed by atoms with Gasteiger partial charge in [-0.3, -0.25) is 4.99 Å². The summed E-state index contributed by atoms with van der Waals surface area (Å²) in [5.74, 6) is 0.473. The van der Waals surface area contributed by atoms with E-state index in [9.17, 15) is 0 Å². The minimum absolute atomic E-state index is 0.00229. The van der Waals surface area contributed by atoms with E-state index in [1.165, 1.54) is 28.1 Å². The van der Waals surface area contributed by atoms with Crippen molar-refractivity contribution in [2.75, 3.05) is 18.0 Å². The molecule has 0 fully saturated rings. The number of anilines is 1. The van der Waals surface area contributed by atoms with Gasteiger partial charge in [-0.25, -0.2) is 0 Å². The Bertz CT molecular complexity index is 788. The molecule has 0 radical (unpaired) electrons. The van der Waals surface area contributed by atoms with Crippen molar-refractivity contribution in [3.63, 3.8) is 0 Å². The summed E-state index contributed by atoms with van der Waals surface area (Å²) in [7, 11) is 0. The van der Waals surface area contributed by atoms with Gasteiger partial charge in [0.1, 0.15) is 0 Å². The second-order valence-electron chi connectivity index (χ2n) is 7.71. The van der Waals surface area contributed by atoms with E-state index in [0.717, 1.165) is 25.9 Å². The van der Waals surface area contributed by atoms with Gasteiger partial charge in [0.25, 0.3) is 0 Å². The third-order valence-corrected chi connectivity index (χ3v) is 5.35. The fraction of sp³-hybridized carbons (Fsp3) is 0.409. The molecule has 0 saturated heterocycles. The maximum Gasteiger partial charge on any atom is 0.0596 e. The van der Waals surface area contributed by atoms with E-state index in [-0.39, 0.29) is 5.54 Å². The normalized spacial score (nSPS) is 21.7. The van der Waals surface area contributed by atoms with Crippen LogP contribution in [0.25, 0.3) is 0 Å². The molecular weight excluding hydrogens is 292 g/mol. The summed E-state index contributed by atoms with van der Waals surface area (Å²) in [5, 5.41) is 0. The SMILES string of the molecule is CCN1CC(C2=NC(C)(C)Cc3ccccc32)Cc2ccccc21. The molecule has 2 aliphatic heterocycles. The molecule has 2 heteroatoms. The van der Waals surface area contributed by atoms with Crippen LogP contribution in [0.4, 0.5) is 5.69 Å². The largest absolute Gasteiger partial charge is 0.371 e. The molecule has 1 atom stereocenters. The first-order valence-corrected chi connectivity index (χ1v) is 9.08. The monoisotopic (exact) mass is 318 g/mol. The number of hydrogen-bond donors (Lipinski definition) is 0. The molecule has 0 spiro atoms. The van der Waals surface area contributed by atoms with Crippen LogP contribution in [0.1, 0.15) is 37.5 Å². The van der Waals surface area contributed by atoms with E-state index in [1.54, 1.807) is 0 Å². The molecule has 0 aromatic heterocycles. The Kier molecular flexibility index (Phi) is 3.71. The molecule has 1 unspecified atom stereocenters. The van der Waals surface area contributed by atoms with Gasteiger partial charge in [-0.15, -0.1) is 0 Å². The summed E-state index contributed by atoms with van der Waals surface area (Å²) in [4.78, 5) is 7.72. The highest BCUT2D eigenvalue weighted by atomic mass is 15.1. The van der Waals surface area contributed by atoms with Crippen LogP contribution < -0.4 is 4.90 Å². The fourth-order valence-electron chi connectivity index (χ4n) is 4.30. The lowest BCUT2D eigenvalue weighted by atomic mass is 9.79. The van der Waals surface area contributed by atoms with Crippen molar-refractivity contribution in [1.29, 1.82) is 0 Å². The minimum atomic E-state index is -0.00229. The summed E-state index contributed by atoms with van der Waals surface area (Å²) < 4.78 is 0. The van der Waals surface area contributed by atoms with E-state index in [0.29, 0.717) is 5.92 Å². The number of hydrogen-bond acceptors (Lipinski definition) is 2. The third-order valence-electron chi connectivity index (χ3n) is 5.35. The highest BCUT2D eigenvalue weighted by molar-refractivity contribution is 6.05. The van der Waals surface area contributed by atoms with Crippen molar-refractivity contribution in [3.05, 3.63) is 65.2 Å². The summed E-state index contributed by atoms with van der Waals surface area (Å²) in [6.07, 6.45) is 2.13. The molecule has 124 valence electrons. The Balaban J connectivity index is 1.77. The second-order valence-corrected chi connectivity index (χ2v) is 7.71. The molecule has 0 aliphatic carbocycles. The molecule has 0 amide bonds. The van der Waals surface area contributed by atoms with E-state index in [4.69, 9.17) is 4.99 Å². The van der Waals surface area contributed by atoms with Gasteiger partial charge in [-0.05, 0) is 56.4 Å². The van der Waals surface area contributed by atoms with Gasteiger partial charge in [0.2, 0.25) is 0 Å². The van der Waals surface area contributed by atoms with E-state index in [1.807, 2.05) is 0 Å². The molecule has 4 rings (SSSR count). The van der Waals surface area contributed by atoms with Crippen molar-refractivity contribution in [3.8, 4) is 0 Å². The van der Waals surface area contributed by atoms with Crippen LogP contribution in [0, 0.1) is 5.92 Å². The molecule has 0 N–H and O–H groups in total. The quantitative estimate of drug-likeness (QED) is 0.795. The Morgan fingerprint density at radius 1 is 1.04 bits per heavy atom. The first-order valence-electron chi connectivity index (χ1n) is 9.08. The van der Waals surface area contributed by atoms with Crippen LogP contribution in [0.2, 0.25) is 0 Å². The fourth-order valence-corrected chi connectivity index (χ4v) is 4.30. The van der Waals surface area contributed by atoms with Crippen LogP contribution in [0.15, 0.2) is 53.5 Å². The Morgan fingerprint density at radius 2 is 1.75 bits per heavy atom. The van der Waals surface area contributed by atoms with Crippen molar-refractivity contribution in [2.45, 2.75) is 39.2 Å². The molecule has 2 aromatic rings. The standard InChI is InChI=1S/C22H26N2/c1-4-24-15-18(13-16-9-6-8-12-20(16)24)21-19-11-7-5-10-17(19)14-22(2,3)23-21/h5-12,18H,4,13-15H2,1-3H3. The van der Waals surface area contributed by atoms with Crippen LogP contribution in [-0.4, -0.2) is 24.3 Å². The maximum absolute atomic E-state index is 5.21. The Hall–Kier alpha value is -2.09. The number of benzene rings is 2. The average molecular weight is 318 g/mol. The number of para-hydroxylation sites is 1. The van der Waals surface area contributed by atoms with E-state index < -0.39 is 0 Å². The van der Waals surface area contributed by atoms with Crippen molar-refractivity contribution < 1.29 is 0 Å². The molecule has 2 nitrogen and oxygen atoms in total. The average Bonchev–Trinajstić information content (AvgIpc) is 2.59. The van der Waals surface area contributed by atoms with Gasteiger partial charge < -0.3 is 4.90 Å². The highest BCUT2D eigenvalue weighted by Gasteiger charge is 2.33. The lowest BCUT2D eigenvalue weighted by Gasteiger charge is -2.39. The number of nitrogens with zero attached hydrogens (tertiary/aromatic N) is 2. The topological polar surface area (TPSA) is 15.6 Å². The zero-order valence-corrected chi connectivity index (χ0v) is 14.9. The lowest BCUT2D eigenvalue weighted by molar-refractivity contribution is 0.500. The van der Waals surface area contributed by atoms with Gasteiger partial charge >= 0.3 is 0 Å². The zero-order valence-electron chi connectivity index (χ0n) is 14.9. The van der Waals surface area contributed by atoms with E-state index in [2.05, 4.69) is 74.2 Å². The minimum Gasteiger partial charge on any atom is -0.371 e. The molecule has 0 saturated carbocycles. The third kappa shape index (κ3) is 2.64. The number of rotatable bonds is 2. The van der Waals surface area contributed by atoms with E-state index >= 15 is 0 Å². The predicted octanol–water partition coefficient (Wildman–Crippen LogP) is 4.51. The number of fused-ring (bicyclic) bond motifs is 2. The van der Waals surface area contributed by atoms with Crippen LogP contribution in [0.3, 0.4) is 0 Å². The summed E-state index contributed by atoms with van der Waals surface area (Å²) >= 11 is 0. The predicted molar refractivity (Wildman–Crippen MR) is 102 cm³/mol. The number of aliphatic imine (C=N–C) groups is 1. The second kappa shape index (κ2) is 5.77. The van der Waals surface area contributed by atoms with Crippen LogP contribution >= 0.6 is 0 Å². The molecule has 0 bridgehead atoms. The molecule has 2 aliphatic rings. The van der Waals surface area contributed by atoms with Crippen molar-refractivity contribution in [2.24, 2.45) is 10.9 Å². The van der Waals surface area contributed by atoms with Crippen LogP contribution in [0.5, 0.6) is 0 Å².